The number of hydrogen-bond acceptors (Lipinski definition) is 6. The molecule has 0 atom stereocenters. The smallest absolute Gasteiger partial charge is 0.231 e. The summed E-state index contributed by atoms with van der Waals surface area (Å²) in [5.74, 6) is 2.57. The van der Waals surface area contributed by atoms with Crippen LogP contribution < -0.4 is 14.8 Å². The number of benzene rings is 2. The van der Waals surface area contributed by atoms with Crippen molar-refractivity contribution in [2.24, 2.45) is 0 Å². The van der Waals surface area contributed by atoms with Gasteiger partial charge < -0.3 is 14.8 Å². The summed E-state index contributed by atoms with van der Waals surface area (Å²) in [7, 11) is 0. The monoisotopic (exact) mass is 393 g/mol. The van der Waals surface area contributed by atoms with E-state index >= 15 is 0 Å². The molecule has 2 aromatic carbocycles. The number of hydrogen-bond donors (Lipinski definition) is 1. The average molecular weight is 393 g/mol. The van der Waals surface area contributed by atoms with Gasteiger partial charge in [-0.25, -0.2) is 14.4 Å². The molecule has 28 heavy (non-hydrogen) atoms. The second kappa shape index (κ2) is 6.45. The highest BCUT2D eigenvalue weighted by Gasteiger charge is 2.19. The van der Waals surface area contributed by atoms with E-state index in [0.717, 1.165) is 37.7 Å². The third-order valence-electron chi connectivity index (χ3n) is 4.61. The molecule has 2 aromatic heterocycles. The third kappa shape index (κ3) is 2.84. The minimum absolute atomic E-state index is 0.230. The Bertz CT molecular complexity index is 1200. The van der Waals surface area contributed by atoms with Gasteiger partial charge in [0, 0.05) is 22.2 Å². The van der Waals surface area contributed by atoms with Crippen LogP contribution in [0.5, 0.6) is 11.5 Å². The van der Waals surface area contributed by atoms with Crippen LogP contribution in [-0.2, 0) is 0 Å². The molecular formula is C21H16FN3O2S. The molecule has 1 N–H and O–H groups in total. The number of nitrogens with one attached hydrogen (secondary N) is 1. The molecule has 0 unspecified atom stereocenters. The first-order chi connectivity index (χ1) is 13.6. The van der Waals surface area contributed by atoms with E-state index in [2.05, 4.69) is 15.3 Å². The Labute approximate surface area is 164 Å². The fraction of sp³-hybridized carbons (Fsp3) is 0.143. The molecule has 0 saturated carbocycles. The van der Waals surface area contributed by atoms with Gasteiger partial charge in [0.05, 0.1) is 5.39 Å². The minimum atomic E-state index is -0.258. The average Bonchev–Trinajstić information content (AvgIpc) is 3.25. The van der Waals surface area contributed by atoms with E-state index < -0.39 is 0 Å². The lowest BCUT2D eigenvalue weighted by Gasteiger charge is -2.11. The number of aryl methyl sites for hydroxylation is 2. The number of fused-ring (bicyclic) bond motifs is 2. The Morgan fingerprint density at radius 3 is 2.61 bits per heavy atom. The Morgan fingerprint density at radius 1 is 1.00 bits per heavy atom. The molecule has 1 aliphatic rings. The summed E-state index contributed by atoms with van der Waals surface area (Å²) in [6.45, 7) is 4.15. The predicted molar refractivity (Wildman–Crippen MR) is 108 cm³/mol. The molecule has 4 aromatic rings. The maximum Gasteiger partial charge on any atom is 0.231 e. The Balaban J connectivity index is 1.66. The van der Waals surface area contributed by atoms with Crippen LogP contribution in [0.25, 0.3) is 21.3 Å². The molecule has 0 bridgehead atoms. The van der Waals surface area contributed by atoms with Crippen LogP contribution in [0, 0.1) is 19.7 Å². The number of anilines is 2. The van der Waals surface area contributed by atoms with Gasteiger partial charge in [0.1, 0.15) is 22.3 Å². The molecule has 5 nitrogen and oxygen atoms in total. The molecule has 0 saturated heterocycles. The highest BCUT2D eigenvalue weighted by atomic mass is 32.1. The van der Waals surface area contributed by atoms with Crippen LogP contribution in [0.4, 0.5) is 15.9 Å². The summed E-state index contributed by atoms with van der Waals surface area (Å²) in [5, 5.41) is 4.33. The van der Waals surface area contributed by atoms with Gasteiger partial charge in [0.2, 0.25) is 6.79 Å². The van der Waals surface area contributed by atoms with Crippen molar-refractivity contribution in [2.45, 2.75) is 13.8 Å². The molecule has 140 valence electrons. The topological polar surface area (TPSA) is 56.3 Å². The fourth-order valence-electron chi connectivity index (χ4n) is 3.38. The van der Waals surface area contributed by atoms with Crippen molar-refractivity contribution in [1.29, 1.82) is 0 Å². The van der Waals surface area contributed by atoms with E-state index in [4.69, 9.17) is 9.47 Å². The van der Waals surface area contributed by atoms with Gasteiger partial charge in [-0.05, 0) is 43.7 Å². The van der Waals surface area contributed by atoms with Crippen LogP contribution in [0.3, 0.4) is 0 Å². The minimum Gasteiger partial charge on any atom is -0.454 e. The van der Waals surface area contributed by atoms with Crippen LogP contribution >= 0.6 is 11.3 Å². The van der Waals surface area contributed by atoms with Crippen molar-refractivity contribution < 1.29 is 13.9 Å². The predicted octanol–water partition coefficient (Wildman–Crippen LogP) is 5.59. The lowest BCUT2D eigenvalue weighted by Crippen LogP contribution is -1.98. The van der Waals surface area contributed by atoms with Gasteiger partial charge in [-0.2, -0.15) is 0 Å². The van der Waals surface area contributed by atoms with Crippen molar-refractivity contribution in [3.63, 3.8) is 0 Å². The fourth-order valence-corrected chi connectivity index (χ4v) is 4.47. The third-order valence-corrected chi connectivity index (χ3v) is 5.61. The van der Waals surface area contributed by atoms with Crippen molar-refractivity contribution in [1.82, 2.24) is 9.97 Å². The number of aromatic nitrogens is 2. The molecule has 0 fully saturated rings. The van der Waals surface area contributed by atoms with Gasteiger partial charge >= 0.3 is 0 Å². The van der Waals surface area contributed by atoms with Crippen LogP contribution in [0.2, 0.25) is 0 Å². The first-order valence-electron chi connectivity index (χ1n) is 8.79. The molecule has 3 heterocycles. The van der Waals surface area contributed by atoms with Gasteiger partial charge in [-0.15, -0.1) is 11.3 Å². The van der Waals surface area contributed by atoms with Gasteiger partial charge in [0.25, 0.3) is 0 Å². The van der Waals surface area contributed by atoms with Crippen LogP contribution in [-0.4, -0.2) is 16.8 Å². The first-order valence-corrected chi connectivity index (χ1v) is 9.60. The Hall–Kier alpha value is -3.19. The molecule has 0 radical (unpaired) electrons. The standard InChI is InChI=1S/C21H16FN3O2S/c1-11-18(13-3-5-14(22)6-4-13)19-20(23-12(2)24-21(19)28-11)25-15-7-8-16-17(9-15)27-10-26-16/h3-9H,10H2,1-2H3,(H,23,24,25). The summed E-state index contributed by atoms with van der Waals surface area (Å²) < 4.78 is 24.3. The van der Waals surface area contributed by atoms with E-state index in [-0.39, 0.29) is 12.6 Å². The van der Waals surface area contributed by atoms with Crippen molar-refractivity contribution in [3.8, 4) is 22.6 Å². The zero-order chi connectivity index (χ0) is 19.3. The zero-order valence-electron chi connectivity index (χ0n) is 15.2. The maximum atomic E-state index is 13.4. The molecular weight excluding hydrogens is 377 g/mol. The Morgan fingerprint density at radius 2 is 1.79 bits per heavy atom. The highest BCUT2D eigenvalue weighted by Crippen LogP contribution is 2.42. The number of rotatable bonds is 3. The van der Waals surface area contributed by atoms with Crippen LogP contribution in [0.15, 0.2) is 42.5 Å². The molecule has 0 aliphatic carbocycles. The number of halogens is 1. The first kappa shape index (κ1) is 16.9. The Kier molecular flexibility index (Phi) is 3.91. The normalized spacial score (nSPS) is 12.5. The van der Waals surface area contributed by atoms with E-state index in [9.17, 15) is 4.39 Å². The van der Waals surface area contributed by atoms with E-state index in [1.807, 2.05) is 32.0 Å². The molecule has 5 rings (SSSR count). The summed E-state index contributed by atoms with van der Waals surface area (Å²) >= 11 is 1.61. The SMILES string of the molecule is Cc1nc(Nc2ccc3c(c2)OCO3)c2c(-c3ccc(F)cc3)c(C)sc2n1. The number of thiophene rings is 1. The molecule has 1 aliphatic heterocycles. The van der Waals surface area contributed by atoms with Crippen molar-refractivity contribution in [2.75, 3.05) is 12.1 Å². The lowest BCUT2D eigenvalue weighted by atomic mass is 10.0. The summed E-state index contributed by atoms with van der Waals surface area (Å²) in [6.07, 6.45) is 0. The van der Waals surface area contributed by atoms with E-state index in [0.29, 0.717) is 17.4 Å². The van der Waals surface area contributed by atoms with Crippen molar-refractivity contribution >= 4 is 33.1 Å². The summed E-state index contributed by atoms with van der Waals surface area (Å²) in [6, 6.07) is 12.2. The van der Waals surface area contributed by atoms with Gasteiger partial charge in [0.15, 0.2) is 11.5 Å². The maximum absolute atomic E-state index is 13.4. The summed E-state index contributed by atoms with van der Waals surface area (Å²) in [4.78, 5) is 11.3. The second-order valence-electron chi connectivity index (χ2n) is 6.53. The van der Waals surface area contributed by atoms with E-state index in [1.54, 1.807) is 23.5 Å². The van der Waals surface area contributed by atoms with Crippen molar-refractivity contribution in [3.05, 3.63) is 59.0 Å². The zero-order valence-corrected chi connectivity index (χ0v) is 16.1. The molecule has 0 spiro atoms. The lowest BCUT2D eigenvalue weighted by molar-refractivity contribution is 0.174. The molecule has 0 amide bonds. The van der Waals surface area contributed by atoms with Gasteiger partial charge in [-0.3, -0.25) is 0 Å². The van der Waals surface area contributed by atoms with Crippen LogP contribution in [0.1, 0.15) is 10.7 Å². The van der Waals surface area contributed by atoms with E-state index in [1.165, 1.54) is 12.1 Å². The quantitative estimate of drug-likeness (QED) is 0.492. The van der Waals surface area contributed by atoms with Gasteiger partial charge in [-0.1, -0.05) is 12.1 Å². The number of nitrogens with zero attached hydrogens (tertiary/aromatic N) is 2. The second-order valence-corrected chi connectivity index (χ2v) is 7.74. The molecule has 7 heteroatoms. The largest absolute Gasteiger partial charge is 0.454 e. The summed E-state index contributed by atoms with van der Waals surface area (Å²) in [5.41, 5.74) is 2.80. The number of ether oxygens (including phenoxy) is 2. The highest BCUT2D eigenvalue weighted by molar-refractivity contribution is 7.19.